The van der Waals surface area contributed by atoms with Crippen molar-refractivity contribution in [2.45, 2.75) is 51.2 Å². The van der Waals surface area contributed by atoms with Gasteiger partial charge in [-0.2, -0.15) is 0 Å². The van der Waals surface area contributed by atoms with Crippen molar-refractivity contribution in [1.29, 1.82) is 0 Å². The third kappa shape index (κ3) is 6.63. The fourth-order valence-corrected chi connectivity index (χ4v) is 3.01. The first-order chi connectivity index (χ1) is 12.5. The Balaban J connectivity index is 1.80. The predicted molar refractivity (Wildman–Crippen MR) is 99.1 cm³/mol. The Morgan fingerprint density at radius 2 is 1.88 bits per heavy atom. The molecule has 1 aliphatic heterocycles. The van der Waals surface area contributed by atoms with Gasteiger partial charge in [-0.25, -0.2) is 9.18 Å². The average Bonchev–Trinajstić information content (AvgIpc) is 2.63. The van der Waals surface area contributed by atoms with Crippen LogP contribution in [-0.4, -0.2) is 49.1 Å². The fraction of sp³-hybridized carbons (Fsp3) is 0.579. The molecule has 1 unspecified atom stereocenters. The molecular formula is C19H29FN4O2. The van der Waals surface area contributed by atoms with Gasteiger partial charge in [0.15, 0.2) is 0 Å². The number of nitrogens with zero attached hydrogens (tertiary/aromatic N) is 1. The maximum Gasteiger partial charge on any atom is 0.315 e. The van der Waals surface area contributed by atoms with E-state index in [1.165, 1.54) is 12.1 Å². The minimum absolute atomic E-state index is 0.127. The second-order valence-corrected chi connectivity index (χ2v) is 6.88. The van der Waals surface area contributed by atoms with E-state index in [9.17, 15) is 14.0 Å². The molecule has 3 amide bonds. The zero-order chi connectivity index (χ0) is 18.9. The molecule has 1 aromatic rings. The number of hydrogen-bond acceptors (Lipinski definition) is 3. The minimum atomic E-state index is -0.548. The van der Waals surface area contributed by atoms with E-state index in [1.54, 1.807) is 12.1 Å². The fourth-order valence-electron chi connectivity index (χ4n) is 3.01. The Morgan fingerprint density at radius 1 is 1.23 bits per heavy atom. The van der Waals surface area contributed by atoms with Crippen LogP contribution in [0, 0.1) is 5.82 Å². The van der Waals surface area contributed by atoms with E-state index in [4.69, 9.17) is 0 Å². The van der Waals surface area contributed by atoms with Gasteiger partial charge in [0, 0.05) is 12.6 Å². The maximum atomic E-state index is 12.9. The van der Waals surface area contributed by atoms with Crippen molar-refractivity contribution in [3.8, 4) is 0 Å². The molecule has 2 rings (SSSR count). The minimum Gasteiger partial charge on any atom is -0.351 e. The smallest absolute Gasteiger partial charge is 0.315 e. The van der Waals surface area contributed by atoms with Crippen LogP contribution in [0.1, 0.15) is 38.2 Å². The number of rotatable bonds is 7. The zero-order valence-electron chi connectivity index (χ0n) is 15.6. The van der Waals surface area contributed by atoms with Crippen LogP contribution >= 0.6 is 0 Å². The van der Waals surface area contributed by atoms with Gasteiger partial charge in [-0.3, -0.25) is 4.79 Å². The van der Waals surface area contributed by atoms with Gasteiger partial charge in [0.25, 0.3) is 0 Å². The van der Waals surface area contributed by atoms with Crippen LogP contribution in [0.2, 0.25) is 0 Å². The third-order valence-corrected chi connectivity index (χ3v) is 4.63. The van der Waals surface area contributed by atoms with Gasteiger partial charge in [0.1, 0.15) is 11.9 Å². The van der Waals surface area contributed by atoms with Crippen LogP contribution < -0.4 is 16.0 Å². The van der Waals surface area contributed by atoms with E-state index in [0.29, 0.717) is 6.42 Å². The first-order valence-corrected chi connectivity index (χ1v) is 9.25. The molecule has 1 heterocycles. The number of hydrogen-bond donors (Lipinski definition) is 3. The Kier molecular flexibility index (Phi) is 7.84. The lowest BCUT2D eigenvalue weighted by molar-refractivity contribution is -0.124. The van der Waals surface area contributed by atoms with Gasteiger partial charge in [0.05, 0.1) is 0 Å². The summed E-state index contributed by atoms with van der Waals surface area (Å²) >= 11 is 0. The molecule has 1 aromatic carbocycles. The van der Waals surface area contributed by atoms with Crippen molar-refractivity contribution < 1.29 is 14.0 Å². The molecule has 1 aliphatic rings. The van der Waals surface area contributed by atoms with Gasteiger partial charge < -0.3 is 20.9 Å². The van der Waals surface area contributed by atoms with Crippen LogP contribution in [0.5, 0.6) is 0 Å². The van der Waals surface area contributed by atoms with Crippen LogP contribution in [-0.2, 0) is 11.3 Å². The van der Waals surface area contributed by atoms with Crippen LogP contribution in [0.25, 0.3) is 0 Å². The summed E-state index contributed by atoms with van der Waals surface area (Å²) in [4.78, 5) is 26.9. The molecule has 26 heavy (non-hydrogen) atoms. The molecule has 0 aliphatic carbocycles. The van der Waals surface area contributed by atoms with Gasteiger partial charge in [-0.05, 0) is 57.1 Å². The number of benzene rings is 1. The highest BCUT2D eigenvalue weighted by Crippen LogP contribution is 2.09. The van der Waals surface area contributed by atoms with Crippen molar-refractivity contribution in [3.63, 3.8) is 0 Å². The van der Waals surface area contributed by atoms with Crippen molar-refractivity contribution in [1.82, 2.24) is 20.9 Å². The van der Waals surface area contributed by atoms with E-state index in [-0.39, 0.29) is 24.3 Å². The summed E-state index contributed by atoms with van der Waals surface area (Å²) < 4.78 is 12.9. The molecule has 7 heteroatoms. The Labute approximate surface area is 154 Å². The molecule has 144 valence electrons. The Hall–Kier alpha value is -2.15. The summed E-state index contributed by atoms with van der Waals surface area (Å²) in [7, 11) is 2.07. The van der Waals surface area contributed by atoms with Crippen LogP contribution in [0.15, 0.2) is 24.3 Å². The lowest BCUT2D eigenvalue weighted by Gasteiger charge is -2.30. The molecule has 0 bridgehead atoms. The number of piperidine rings is 1. The topological polar surface area (TPSA) is 73.5 Å². The quantitative estimate of drug-likeness (QED) is 0.693. The maximum absolute atomic E-state index is 12.9. The van der Waals surface area contributed by atoms with Crippen molar-refractivity contribution in [2.75, 3.05) is 20.1 Å². The molecule has 1 fully saturated rings. The Bertz CT molecular complexity index is 586. The lowest BCUT2D eigenvalue weighted by Crippen LogP contribution is -2.53. The van der Waals surface area contributed by atoms with E-state index < -0.39 is 12.1 Å². The SMILES string of the molecule is CCCC(NC(=O)NCc1ccc(F)cc1)C(=O)NC1CCN(C)CC1. The first kappa shape index (κ1) is 20.2. The average molecular weight is 364 g/mol. The summed E-state index contributed by atoms with van der Waals surface area (Å²) in [5, 5.41) is 8.52. The molecule has 0 saturated carbocycles. The summed E-state index contributed by atoms with van der Waals surface area (Å²) in [5.41, 5.74) is 0.796. The standard InChI is InChI=1S/C19H29FN4O2/c1-3-4-17(18(25)22-16-9-11-24(2)12-10-16)23-19(26)21-13-14-5-7-15(20)8-6-14/h5-8,16-17H,3-4,9-13H2,1-2H3,(H,22,25)(H2,21,23,26). The molecule has 0 spiro atoms. The normalized spacial score (nSPS) is 16.7. The monoisotopic (exact) mass is 364 g/mol. The van der Waals surface area contributed by atoms with Crippen molar-refractivity contribution in [2.24, 2.45) is 0 Å². The molecule has 0 aromatic heterocycles. The number of carbonyl (C=O) groups excluding carboxylic acids is 2. The third-order valence-electron chi connectivity index (χ3n) is 4.63. The van der Waals surface area contributed by atoms with E-state index in [1.807, 2.05) is 6.92 Å². The molecule has 1 atom stereocenters. The summed E-state index contributed by atoms with van der Waals surface area (Å²) in [5.74, 6) is -0.440. The van der Waals surface area contributed by atoms with Gasteiger partial charge in [0.2, 0.25) is 5.91 Å². The highest BCUT2D eigenvalue weighted by Gasteiger charge is 2.24. The second kappa shape index (κ2) is 10.1. The molecule has 3 N–H and O–H groups in total. The first-order valence-electron chi connectivity index (χ1n) is 9.25. The van der Waals surface area contributed by atoms with Gasteiger partial charge in [-0.1, -0.05) is 25.5 Å². The lowest BCUT2D eigenvalue weighted by atomic mass is 10.0. The van der Waals surface area contributed by atoms with Gasteiger partial charge in [-0.15, -0.1) is 0 Å². The highest BCUT2D eigenvalue weighted by molar-refractivity contribution is 5.87. The number of halogens is 1. The molecular weight excluding hydrogens is 335 g/mol. The highest BCUT2D eigenvalue weighted by atomic mass is 19.1. The number of likely N-dealkylation sites (tertiary alicyclic amines) is 1. The number of nitrogens with one attached hydrogen (secondary N) is 3. The predicted octanol–water partition coefficient (Wildman–Crippen LogP) is 2.00. The van der Waals surface area contributed by atoms with Crippen LogP contribution in [0.4, 0.5) is 9.18 Å². The van der Waals surface area contributed by atoms with E-state index >= 15 is 0 Å². The summed E-state index contributed by atoms with van der Waals surface area (Å²) in [6.45, 7) is 4.19. The molecule has 1 saturated heterocycles. The van der Waals surface area contributed by atoms with E-state index in [0.717, 1.165) is 37.9 Å². The van der Waals surface area contributed by atoms with E-state index in [2.05, 4.69) is 27.9 Å². The number of amides is 3. The number of urea groups is 1. The van der Waals surface area contributed by atoms with Crippen molar-refractivity contribution in [3.05, 3.63) is 35.6 Å². The number of carbonyl (C=O) groups is 2. The zero-order valence-corrected chi connectivity index (χ0v) is 15.6. The van der Waals surface area contributed by atoms with Crippen LogP contribution in [0.3, 0.4) is 0 Å². The van der Waals surface area contributed by atoms with Crippen molar-refractivity contribution >= 4 is 11.9 Å². The second-order valence-electron chi connectivity index (χ2n) is 6.88. The largest absolute Gasteiger partial charge is 0.351 e. The summed E-state index contributed by atoms with van der Waals surface area (Å²) in [6, 6.07) is 5.16. The molecule has 0 radical (unpaired) electrons. The molecule has 6 nitrogen and oxygen atoms in total. The van der Waals surface area contributed by atoms with Gasteiger partial charge >= 0.3 is 6.03 Å². The Morgan fingerprint density at radius 3 is 2.50 bits per heavy atom. The summed E-state index contributed by atoms with van der Waals surface area (Å²) in [6.07, 6.45) is 3.24.